The number of benzene rings is 3. The summed E-state index contributed by atoms with van der Waals surface area (Å²) >= 11 is 0. The third-order valence-electron chi connectivity index (χ3n) is 6.52. The first-order valence-corrected chi connectivity index (χ1v) is 14.0. The fourth-order valence-electron chi connectivity index (χ4n) is 4.72. The summed E-state index contributed by atoms with van der Waals surface area (Å²) < 4.78 is 87.9. The Balaban J connectivity index is 1.75. The molecule has 0 spiro atoms. The van der Waals surface area contributed by atoms with Crippen LogP contribution in [-0.2, 0) is 25.5 Å². The molecule has 6 nitrogen and oxygen atoms in total. The summed E-state index contributed by atoms with van der Waals surface area (Å²) in [5.41, 5.74) is -5.06. The molecule has 3 aromatic rings. The van der Waals surface area contributed by atoms with Gasteiger partial charge in [-0.2, -0.15) is 21.6 Å². The van der Waals surface area contributed by atoms with Gasteiger partial charge in [-0.1, -0.05) is 54.6 Å². The molecule has 2 atom stereocenters. The molecule has 0 unspecified atom stereocenters. The van der Waals surface area contributed by atoms with E-state index in [9.17, 15) is 30.8 Å². The largest absolute Gasteiger partial charge is 0.534 e. The third-order valence-corrected chi connectivity index (χ3v) is 7.48. The van der Waals surface area contributed by atoms with Gasteiger partial charge in [0, 0.05) is 23.4 Å². The second kappa shape index (κ2) is 10.8. The van der Waals surface area contributed by atoms with Gasteiger partial charge in [0.05, 0.1) is 6.04 Å². The summed E-state index contributed by atoms with van der Waals surface area (Å²) in [4.78, 5) is 14.9. The lowest BCUT2D eigenvalue weighted by Crippen LogP contribution is -2.41. The van der Waals surface area contributed by atoms with Crippen LogP contribution < -0.4 is 0 Å². The van der Waals surface area contributed by atoms with Crippen LogP contribution >= 0.6 is 0 Å². The maximum Gasteiger partial charge on any atom is 0.534 e. The molecule has 4 rings (SSSR count). The predicted octanol–water partition coefficient (Wildman–Crippen LogP) is 7.36. The van der Waals surface area contributed by atoms with E-state index >= 15 is 0 Å². The van der Waals surface area contributed by atoms with Crippen molar-refractivity contribution in [1.82, 2.24) is 4.90 Å². The molecule has 0 radical (unpaired) electrons. The van der Waals surface area contributed by atoms with E-state index in [-0.39, 0.29) is 12.1 Å². The number of amides is 1. The van der Waals surface area contributed by atoms with Gasteiger partial charge in [-0.15, -0.1) is 0 Å². The monoisotopic (exact) mass is 579 g/mol. The fraction of sp³-hybridized carbons (Fsp3) is 0.345. The molecule has 0 bridgehead atoms. The molecule has 0 saturated heterocycles. The van der Waals surface area contributed by atoms with E-state index in [0.717, 1.165) is 0 Å². The van der Waals surface area contributed by atoms with E-state index < -0.39 is 50.9 Å². The lowest BCUT2D eigenvalue weighted by atomic mass is 9.87. The first kappa shape index (κ1) is 29.4. The highest BCUT2D eigenvalue weighted by atomic mass is 32.2. The number of ether oxygens (including phenoxy) is 1. The van der Waals surface area contributed by atoms with Crippen LogP contribution in [0, 0.1) is 11.7 Å². The third kappa shape index (κ3) is 6.24. The fourth-order valence-corrected chi connectivity index (χ4v) is 5.20. The summed E-state index contributed by atoms with van der Waals surface area (Å²) in [6.07, 6.45) is 0.898. The molecule has 11 heteroatoms. The van der Waals surface area contributed by atoms with Crippen molar-refractivity contribution in [1.29, 1.82) is 0 Å². The molecule has 40 heavy (non-hydrogen) atoms. The van der Waals surface area contributed by atoms with Crippen molar-refractivity contribution < 1.29 is 39.7 Å². The van der Waals surface area contributed by atoms with Gasteiger partial charge in [0.25, 0.3) is 0 Å². The number of alkyl halides is 3. The highest BCUT2D eigenvalue weighted by molar-refractivity contribution is 7.87. The normalized spacial score (nSPS) is 16.6. The van der Waals surface area contributed by atoms with E-state index in [1.54, 1.807) is 76.2 Å². The molecule has 0 aromatic heterocycles. The number of hydrogen-bond donors (Lipinski definition) is 0. The van der Waals surface area contributed by atoms with Gasteiger partial charge < -0.3 is 13.8 Å². The molecule has 0 aliphatic heterocycles. The smallest absolute Gasteiger partial charge is 0.444 e. The van der Waals surface area contributed by atoms with E-state index in [1.807, 2.05) is 0 Å². The average molecular weight is 580 g/mol. The molecule has 0 fully saturated rings. The molecule has 0 N–H and O–H groups in total. The number of carbonyl (C=O) groups excluding carboxylic acids is 1. The summed E-state index contributed by atoms with van der Waals surface area (Å²) in [5.74, 6) is -1.52. The van der Waals surface area contributed by atoms with Crippen molar-refractivity contribution >= 4 is 32.7 Å². The lowest BCUT2D eigenvalue weighted by molar-refractivity contribution is -0.0509. The van der Waals surface area contributed by atoms with Crippen LogP contribution in [0.1, 0.15) is 50.4 Å². The van der Waals surface area contributed by atoms with Gasteiger partial charge in [-0.25, -0.2) is 9.18 Å². The molecular weight excluding hydrogens is 550 g/mol. The van der Waals surface area contributed by atoms with Crippen LogP contribution in [0.3, 0.4) is 0 Å². The first-order valence-electron chi connectivity index (χ1n) is 12.5. The lowest BCUT2D eigenvalue weighted by Gasteiger charge is -2.35. The highest BCUT2D eigenvalue weighted by Gasteiger charge is 2.49. The molecule has 1 amide bonds. The zero-order valence-corrected chi connectivity index (χ0v) is 23.1. The van der Waals surface area contributed by atoms with Crippen LogP contribution in [0.2, 0.25) is 0 Å². The number of carbonyl (C=O) groups is 1. The highest BCUT2D eigenvalue weighted by Crippen LogP contribution is 2.37. The Hall–Kier alpha value is -3.60. The molecule has 214 valence electrons. The SMILES string of the molecule is C[C@H](c1ccc(F)c2ccccc12)N(C[C@H]1C=C(OS(=O)(=O)C(F)(F)F)c2ccccc2C1)C(=O)OC(C)(C)C. The summed E-state index contributed by atoms with van der Waals surface area (Å²) in [7, 11) is -5.93. The molecule has 0 saturated carbocycles. The van der Waals surface area contributed by atoms with Crippen molar-refractivity contribution in [3.8, 4) is 0 Å². The average Bonchev–Trinajstić information content (AvgIpc) is 2.85. The van der Waals surface area contributed by atoms with E-state index in [4.69, 9.17) is 4.74 Å². The first-order chi connectivity index (χ1) is 18.6. The van der Waals surface area contributed by atoms with Gasteiger partial charge in [0.15, 0.2) is 0 Å². The van der Waals surface area contributed by atoms with E-state index in [0.29, 0.717) is 28.3 Å². The minimum absolute atomic E-state index is 0.0466. The molecular formula is C29H29F4NO5S. The summed E-state index contributed by atoms with van der Waals surface area (Å²) in [6.45, 7) is 6.80. The van der Waals surface area contributed by atoms with Crippen molar-refractivity contribution in [3.63, 3.8) is 0 Å². The van der Waals surface area contributed by atoms with Gasteiger partial charge in [0.2, 0.25) is 0 Å². The Kier molecular flexibility index (Phi) is 7.90. The van der Waals surface area contributed by atoms with Crippen LogP contribution in [0.15, 0.2) is 66.7 Å². The molecule has 1 aliphatic rings. The zero-order valence-electron chi connectivity index (χ0n) is 22.3. The standard InChI is InChI=1S/C29H29F4NO5S/c1-18(21-13-14-25(30)24-12-8-7-11-23(21)24)34(27(35)38-28(2,3)4)17-19-15-20-9-5-6-10-22(20)26(16-19)39-40(36,37)29(31,32)33/h5-14,16,18-19H,15,17H2,1-4H3/t18-,19-/m1/s1. The van der Waals surface area contributed by atoms with Crippen LogP contribution in [0.25, 0.3) is 16.5 Å². The Morgan fingerprint density at radius 1 is 1.00 bits per heavy atom. The minimum atomic E-state index is -5.93. The van der Waals surface area contributed by atoms with Crippen LogP contribution in [0.5, 0.6) is 0 Å². The summed E-state index contributed by atoms with van der Waals surface area (Å²) in [6, 6.07) is 15.4. The van der Waals surface area contributed by atoms with Crippen LogP contribution in [0.4, 0.5) is 22.4 Å². The van der Waals surface area contributed by atoms with Gasteiger partial charge >= 0.3 is 21.7 Å². The van der Waals surface area contributed by atoms with Crippen molar-refractivity contribution in [2.45, 2.75) is 51.3 Å². The van der Waals surface area contributed by atoms with Crippen LogP contribution in [-0.4, -0.2) is 37.1 Å². The van der Waals surface area contributed by atoms with Gasteiger partial charge in [-0.05, 0) is 62.8 Å². The van der Waals surface area contributed by atoms with E-state index in [2.05, 4.69) is 4.18 Å². The van der Waals surface area contributed by atoms with Gasteiger partial charge in [0.1, 0.15) is 17.2 Å². The minimum Gasteiger partial charge on any atom is -0.444 e. The van der Waals surface area contributed by atoms with Crippen molar-refractivity contribution in [2.75, 3.05) is 6.54 Å². The maximum atomic E-state index is 14.5. The second-order valence-electron chi connectivity index (χ2n) is 10.6. The Labute approximate surface area is 230 Å². The number of hydrogen-bond acceptors (Lipinski definition) is 5. The second-order valence-corrected chi connectivity index (χ2v) is 12.2. The topological polar surface area (TPSA) is 72.9 Å². The maximum absolute atomic E-state index is 14.5. The molecule has 3 aromatic carbocycles. The molecule has 1 aliphatic carbocycles. The van der Waals surface area contributed by atoms with E-state index in [1.165, 1.54) is 23.1 Å². The number of rotatable bonds is 6. The van der Waals surface area contributed by atoms with Gasteiger partial charge in [-0.3, -0.25) is 0 Å². The summed E-state index contributed by atoms with van der Waals surface area (Å²) in [5, 5.41) is 0.962. The number of halogens is 4. The number of fused-ring (bicyclic) bond motifs is 2. The Morgan fingerprint density at radius 2 is 1.62 bits per heavy atom. The van der Waals surface area contributed by atoms with Crippen molar-refractivity contribution in [3.05, 3.63) is 89.2 Å². The number of nitrogens with zero attached hydrogens (tertiary/aromatic N) is 1. The molecule has 0 heterocycles. The zero-order chi connectivity index (χ0) is 29.5. The van der Waals surface area contributed by atoms with Crippen molar-refractivity contribution in [2.24, 2.45) is 5.92 Å². The Morgan fingerprint density at radius 3 is 2.27 bits per heavy atom. The Bertz CT molecular complexity index is 1560. The predicted molar refractivity (Wildman–Crippen MR) is 143 cm³/mol. The quantitative estimate of drug-likeness (QED) is 0.173.